The van der Waals surface area contributed by atoms with Gasteiger partial charge < -0.3 is 10.2 Å². The van der Waals surface area contributed by atoms with Crippen molar-refractivity contribution in [2.45, 2.75) is 51.0 Å². The summed E-state index contributed by atoms with van der Waals surface area (Å²) in [5, 5.41) is 3.30. The summed E-state index contributed by atoms with van der Waals surface area (Å²) in [7, 11) is 0. The largest absolute Gasteiger partial charge is 0.368 e. The monoisotopic (exact) mass is 517 g/mol. The Morgan fingerprint density at radius 1 is 0.811 bits per heavy atom. The first kappa shape index (κ1) is 27.2. The van der Waals surface area contributed by atoms with Gasteiger partial charge in [0, 0.05) is 43.9 Å². The average Bonchev–Trinajstić information content (AvgIpc) is 2.94. The van der Waals surface area contributed by atoms with Crippen LogP contribution < -0.4 is 10.2 Å². The lowest BCUT2D eigenvalue weighted by Gasteiger charge is -2.37. The van der Waals surface area contributed by atoms with E-state index < -0.39 is 0 Å². The van der Waals surface area contributed by atoms with E-state index in [4.69, 9.17) is 0 Å². The zero-order valence-electron chi connectivity index (χ0n) is 21.8. The minimum absolute atomic E-state index is 0. The number of nitrogens with one attached hydrogen (secondary N) is 1. The number of benzene rings is 3. The summed E-state index contributed by atoms with van der Waals surface area (Å²) in [6.45, 7) is 5.46. The molecule has 0 aromatic heterocycles. The van der Waals surface area contributed by atoms with Gasteiger partial charge in [0.05, 0.1) is 6.04 Å². The fourth-order valence-electron chi connectivity index (χ4n) is 5.79. The number of fused-ring (bicyclic) bond motifs is 1. The zero-order chi connectivity index (χ0) is 24.6. The number of aryl methyl sites for hydroxylation is 1. The number of unbranched alkanes of at least 4 members (excludes halogenated alkanes) is 2. The maximum Gasteiger partial charge on any atom is 0.220 e. The normalized spacial score (nSPS) is 17.5. The van der Waals surface area contributed by atoms with Gasteiger partial charge in [-0.05, 0) is 61.4 Å². The van der Waals surface area contributed by atoms with Crippen molar-refractivity contribution < 1.29 is 4.79 Å². The van der Waals surface area contributed by atoms with Crippen LogP contribution in [0.3, 0.4) is 0 Å². The lowest BCUT2D eigenvalue weighted by atomic mass is 9.87. The van der Waals surface area contributed by atoms with Gasteiger partial charge in [0.15, 0.2) is 0 Å². The number of anilines is 1. The molecular weight excluding hydrogens is 478 g/mol. The molecule has 1 atom stereocenters. The van der Waals surface area contributed by atoms with E-state index in [1.807, 2.05) is 0 Å². The average molecular weight is 518 g/mol. The minimum Gasteiger partial charge on any atom is -0.368 e. The third-order valence-electron chi connectivity index (χ3n) is 7.78. The maximum atomic E-state index is 12.6. The van der Waals surface area contributed by atoms with Gasteiger partial charge in [0.25, 0.3) is 0 Å². The predicted octanol–water partition coefficient (Wildman–Crippen LogP) is 6.65. The Balaban J connectivity index is 0.00000320. The van der Waals surface area contributed by atoms with Gasteiger partial charge in [-0.1, -0.05) is 79.2 Å². The summed E-state index contributed by atoms with van der Waals surface area (Å²) < 4.78 is 0. The second-order valence-electron chi connectivity index (χ2n) is 10.2. The highest BCUT2D eigenvalue weighted by Crippen LogP contribution is 2.31. The van der Waals surface area contributed by atoms with Crippen LogP contribution in [0.4, 0.5) is 5.69 Å². The molecule has 0 spiro atoms. The fraction of sp³-hybridized carbons (Fsp3) is 0.406. The molecule has 0 saturated carbocycles. The van der Waals surface area contributed by atoms with Crippen molar-refractivity contribution in [1.29, 1.82) is 0 Å². The summed E-state index contributed by atoms with van der Waals surface area (Å²) >= 11 is 0. The molecule has 1 saturated heterocycles. The quantitative estimate of drug-likeness (QED) is 0.323. The van der Waals surface area contributed by atoms with Crippen LogP contribution in [0, 0.1) is 0 Å². The van der Waals surface area contributed by atoms with E-state index in [9.17, 15) is 4.79 Å². The van der Waals surface area contributed by atoms with Crippen molar-refractivity contribution in [3.8, 4) is 11.1 Å². The standard InChI is InChI=1S/C32H39N3O.ClH/c36-32(33-30-18-11-15-26-14-6-7-16-28(26)30)20-5-2-10-21-34-22-24-35(25-23-34)31-19-9-8-17-29(31)27-12-3-1-4-13-27;/h1,3-4,6-9,12-14,16-17,19,30H,2,5,10-11,15,18,20-25H2,(H,33,36);1H. The van der Waals surface area contributed by atoms with Crippen LogP contribution in [0.2, 0.25) is 0 Å². The molecule has 1 aliphatic heterocycles. The van der Waals surface area contributed by atoms with E-state index in [-0.39, 0.29) is 24.4 Å². The van der Waals surface area contributed by atoms with Crippen LogP contribution >= 0.6 is 12.4 Å². The lowest BCUT2D eigenvalue weighted by Crippen LogP contribution is -2.46. The van der Waals surface area contributed by atoms with Gasteiger partial charge in [0.1, 0.15) is 0 Å². The van der Waals surface area contributed by atoms with Crippen molar-refractivity contribution in [3.05, 3.63) is 90.0 Å². The Morgan fingerprint density at radius 2 is 1.54 bits per heavy atom. The summed E-state index contributed by atoms with van der Waals surface area (Å²) in [5.74, 6) is 0.211. The molecule has 37 heavy (non-hydrogen) atoms. The molecule has 196 valence electrons. The fourth-order valence-corrected chi connectivity index (χ4v) is 5.79. The Bertz CT molecular complexity index is 1130. The molecule has 3 aromatic carbocycles. The molecule has 2 aliphatic rings. The van der Waals surface area contributed by atoms with E-state index in [2.05, 4.69) is 94.0 Å². The predicted molar refractivity (Wildman–Crippen MR) is 157 cm³/mol. The first-order valence-electron chi connectivity index (χ1n) is 13.8. The minimum atomic E-state index is 0. The number of carbonyl (C=O) groups excluding carboxylic acids is 1. The topological polar surface area (TPSA) is 35.6 Å². The van der Waals surface area contributed by atoms with Gasteiger partial charge in [-0.3, -0.25) is 9.69 Å². The Hall–Kier alpha value is -2.82. The molecule has 1 aliphatic carbocycles. The van der Waals surface area contributed by atoms with E-state index in [1.54, 1.807) is 0 Å². The van der Waals surface area contributed by atoms with Crippen molar-refractivity contribution in [2.75, 3.05) is 37.6 Å². The van der Waals surface area contributed by atoms with Crippen LogP contribution in [0.5, 0.6) is 0 Å². The molecule has 5 rings (SSSR count). The third kappa shape index (κ3) is 7.15. The van der Waals surface area contributed by atoms with Gasteiger partial charge in [-0.25, -0.2) is 0 Å². The lowest BCUT2D eigenvalue weighted by molar-refractivity contribution is -0.122. The number of para-hydroxylation sites is 1. The van der Waals surface area contributed by atoms with Crippen LogP contribution in [0.25, 0.3) is 11.1 Å². The number of hydrogen-bond donors (Lipinski definition) is 1. The smallest absolute Gasteiger partial charge is 0.220 e. The van der Waals surface area contributed by atoms with Crippen LogP contribution in [0.15, 0.2) is 78.9 Å². The van der Waals surface area contributed by atoms with Crippen molar-refractivity contribution >= 4 is 24.0 Å². The number of carbonyl (C=O) groups is 1. The van der Waals surface area contributed by atoms with Crippen molar-refractivity contribution in [2.24, 2.45) is 0 Å². The second kappa shape index (κ2) is 13.6. The molecule has 1 heterocycles. The summed E-state index contributed by atoms with van der Waals surface area (Å²) in [5.41, 5.74) is 6.67. The highest BCUT2D eigenvalue weighted by atomic mass is 35.5. The first-order chi connectivity index (χ1) is 17.8. The number of hydrogen-bond acceptors (Lipinski definition) is 3. The van der Waals surface area contributed by atoms with Crippen molar-refractivity contribution in [1.82, 2.24) is 10.2 Å². The molecule has 1 unspecified atom stereocenters. The summed E-state index contributed by atoms with van der Waals surface area (Å²) in [4.78, 5) is 17.7. The molecule has 5 heteroatoms. The van der Waals surface area contributed by atoms with Crippen LogP contribution in [0.1, 0.15) is 55.7 Å². The number of halogens is 1. The van der Waals surface area contributed by atoms with Gasteiger partial charge in [-0.15, -0.1) is 12.4 Å². The SMILES string of the molecule is Cl.O=C(CCCCCN1CCN(c2ccccc2-c2ccccc2)CC1)NC1CCCc2ccccc21. The molecule has 1 amide bonds. The molecule has 1 N–H and O–H groups in total. The third-order valence-corrected chi connectivity index (χ3v) is 7.78. The summed E-state index contributed by atoms with van der Waals surface area (Å²) in [6.07, 6.45) is 7.26. The van der Waals surface area contributed by atoms with Crippen molar-refractivity contribution in [3.63, 3.8) is 0 Å². The van der Waals surface area contributed by atoms with Gasteiger partial charge in [0.2, 0.25) is 5.91 Å². The highest BCUT2D eigenvalue weighted by Gasteiger charge is 2.21. The van der Waals surface area contributed by atoms with Gasteiger partial charge >= 0.3 is 0 Å². The van der Waals surface area contributed by atoms with E-state index in [0.717, 1.165) is 64.8 Å². The van der Waals surface area contributed by atoms with E-state index in [1.165, 1.54) is 34.4 Å². The number of amides is 1. The Kier molecular flexibility index (Phi) is 10.0. The molecule has 4 nitrogen and oxygen atoms in total. The number of rotatable bonds is 9. The van der Waals surface area contributed by atoms with E-state index in [0.29, 0.717) is 6.42 Å². The van der Waals surface area contributed by atoms with E-state index >= 15 is 0 Å². The zero-order valence-corrected chi connectivity index (χ0v) is 22.6. The first-order valence-corrected chi connectivity index (χ1v) is 13.8. The number of nitrogens with zero attached hydrogens (tertiary/aromatic N) is 2. The molecular formula is C32H40ClN3O. The summed E-state index contributed by atoms with van der Waals surface area (Å²) in [6, 6.07) is 28.3. The molecule has 1 fully saturated rings. The van der Waals surface area contributed by atoms with Crippen LogP contribution in [-0.2, 0) is 11.2 Å². The second-order valence-corrected chi connectivity index (χ2v) is 10.2. The highest BCUT2D eigenvalue weighted by molar-refractivity contribution is 5.85. The number of piperazine rings is 1. The van der Waals surface area contributed by atoms with Gasteiger partial charge in [-0.2, -0.15) is 0 Å². The maximum absolute atomic E-state index is 12.6. The Labute approximate surface area is 228 Å². The van der Waals surface area contributed by atoms with Crippen LogP contribution in [-0.4, -0.2) is 43.5 Å². The molecule has 0 bridgehead atoms. The Morgan fingerprint density at radius 3 is 2.38 bits per heavy atom. The molecule has 0 radical (unpaired) electrons. The molecule has 3 aromatic rings.